The van der Waals surface area contributed by atoms with Crippen LogP contribution < -0.4 is 5.32 Å². The van der Waals surface area contributed by atoms with Gasteiger partial charge in [0.25, 0.3) is 5.91 Å². The number of carboxylic acid groups (broad SMARTS) is 1. The number of fused-ring (bicyclic) bond motifs is 4. The molecule has 0 bridgehead atoms. The second kappa shape index (κ2) is 10.9. The zero-order valence-corrected chi connectivity index (χ0v) is 25.3. The molecule has 46 heavy (non-hydrogen) atoms. The molecule has 1 amide bonds. The number of aromatic carboxylic acids is 1. The molecular weight excluding hydrogens is 609 g/mol. The van der Waals surface area contributed by atoms with E-state index in [4.69, 9.17) is 0 Å². The molecule has 0 saturated heterocycles. The Morgan fingerprint density at radius 1 is 0.978 bits per heavy atom. The second-order valence-corrected chi connectivity index (χ2v) is 13.4. The minimum atomic E-state index is -5.93. The number of amides is 1. The summed E-state index contributed by atoms with van der Waals surface area (Å²) in [6.45, 7) is 2.98. The molecule has 6 rings (SSSR count). The first kappa shape index (κ1) is 32.1. The first-order chi connectivity index (χ1) is 21.5. The van der Waals surface area contributed by atoms with Gasteiger partial charge < -0.3 is 15.5 Å². The van der Waals surface area contributed by atoms with Crippen LogP contribution in [0.5, 0.6) is 0 Å². The molecule has 4 aliphatic rings. The van der Waals surface area contributed by atoms with Crippen LogP contribution in [-0.4, -0.2) is 45.6 Å². The van der Waals surface area contributed by atoms with Crippen LogP contribution in [0.1, 0.15) is 89.6 Å². The van der Waals surface area contributed by atoms with Crippen LogP contribution in [0.4, 0.5) is 27.6 Å². The standard InChI is InChI=1S/C35H34F5NO5/c1-18-15-22(8-11-24(18)31(44)45)41-30(43)20-5-3-19(4-6-20)27-17-32(2)28(13-14-33(32,46)34(36,37)35(38,39)40)26-10-7-21-16-23(42)9-12-25(21)29(26)27/h3-6,8,11,15-16,26-28,46H,7,9-10,12-14,17H2,1-2H3,(H,41,43)(H,44,45)/t26-,27+,28-,32-,33-/m0/s1. The summed E-state index contributed by atoms with van der Waals surface area (Å²) >= 11 is 0. The third kappa shape index (κ3) is 4.80. The number of alkyl halides is 5. The van der Waals surface area contributed by atoms with E-state index in [2.05, 4.69) is 5.32 Å². The van der Waals surface area contributed by atoms with Crippen molar-refractivity contribution in [2.75, 3.05) is 5.32 Å². The van der Waals surface area contributed by atoms with Crippen molar-refractivity contribution in [2.45, 2.75) is 82.4 Å². The molecule has 2 aromatic carbocycles. The first-order valence-corrected chi connectivity index (χ1v) is 15.4. The third-order valence-electron chi connectivity index (χ3n) is 11.1. The van der Waals surface area contributed by atoms with E-state index < -0.39 is 53.2 Å². The molecule has 0 radical (unpaired) electrons. The predicted octanol–water partition coefficient (Wildman–Crippen LogP) is 7.77. The van der Waals surface area contributed by atoms with E-state index in [-0.39, 0.29) is 42.1 Å². The Morgan fingerprint density at radius 3 is 2.30 bits per heavy atom. The number of nitrogens with one attached hydrogen (secondary N) is 1. The fourth-order valence-corrected chi connectivity index (χ4v) is 8.77. The fraction of sp³-hybridized carbons (Fsp3) is 0.457. The van der Waals surface area contributed by atoms with Crippen molar-refractivity contribution in [3.63, 3.8) is 0 Å². The maximum Gasteiger partial charge on any atom is 0.456 e. The van der Waals surface area contributed by atoms with E-state index in [9.17, 15) is 37.8 Å². The van der Waals surface area contributed by atoms with E-state index in [1.807, 2.05) is 0 Å². The van der Waals surface area contributed by atoms with Crippen LogP contribution in [0.25, 0.3) is 0 Å². The van der Waals surface area contributed by atoms with Crippen LogP contribution in [0.15, 0.2) is 65.3 Å². The number of hydrogen-bond acceptors (Lipinski definition) is 4. The van der Waals surface area contributed by atoms with Crippen molar-refractivity contribution < 1.29 is 46.5 Å². The Hall–Kier alpha value is -3.86. The highest BCUT2D eigenvalue weighted by Crippen LogP contribution is 2.70. The van der Waals surface area contributed by atoms with E-state index in [0.29, 0.717) is 36.1 Å². The van der Waals surface area contributed by atoms with E-state index in [1.165, 1.54) is 25.1 Å². The SMILES string of the molecule is Cc1cc(NC(=O)c2ccc([C@H]3C[C@@]4(C)[C@@H](CC[C@@]4(O)C(F)(F)C(F)(F)F)[C@@H]4CCC5=CC(=O)CCC5=C43)cc2)ccc1C(=O)O. The average molecular weight is 644 g/mol. The van der Waals surface area contributed by atoms with E-state index >= 15 is 8.78 Å². The van der Waals surface area contributed by atoms with Gasteiger partial charge in [-0.2, -0.15) is 22.0 Å². The Bertz CT molecular complexity index is 1690. The van der Waals surface area contributed by atoms with Crippen molar-refractivity contribution in [2.24, 2.45) is 17.3 Å². The number of allylic oxidation sites excluding steroid dienone is 4. The van der Waals surface area contributed by atoms with Crippen molar-refractivity contribution in [1.29, 1.82) is 0 Å². The zero-order chi connectivity index (χ0) is 33.4. The highest BCUT2D eigenvalue weighted by atomic mass is 19.4. The van der Waals surface area contributed by atoms with Crippen molar-refractivity contribution in [3.8, 4) is 0 Å². The topological polar surface area (TPSA) is 104 Å². The van der Waals surface area contributed by atoms with Crippen LogP contribution in [0.2, 0.25) is 0 Å². The highest BCUT2D eigenvalue weighted by Gasteiger charge is 2.79. The van der Waals surface area contributed by atoms with E-state index in [0.717, 1.165) is 16.7 Å². The lowest BCUT2D eigenvalue weighted by Crippen LogP contribution is -2.65. The van der Waals surface area contributed by atoms with Crippen molar-refractivity contribution in [3.05, 3.63) is 87.5 Å². The maximum absolute atomic E-state index is 15.2. The number of benzene rings is 2. The largest absolute Gasteiger partial charge is 0.478 e. The lowest BCUT2D eigenvalue weighted by Gasteiger charge is -2.56. The third-order valence-corrected chi connectivity index (χ3v) is 11.1. The number of aliphatic hydroxyl groups is 1. The Labute approximate surface area is 262 Å². The molecule has 2 fully saturated rings. The van der Waals surface area contributed by atoms with Crippen LogP contribution in [-0.2, 0) is 4.79 Å². The predicted molar refractivity (Wildman–Crippen MR) is 159 cm³/mol. The van der Waals surface area contributed by atoms with Gasteiger partial charge in [0, 0.05) is 29.0 Å². The number of carboxylic acids is 1. The molecule has 244 valence electrons. The lowest BCUT2D eigenvalue weighted by atomic mass is 9.50. The van der Waals surface area contributed by atoms with Crippen LogP contribution in [0.3, 0.4) is 0 Å². The number of ketones is 1. The van der Waals surface area contributed by atoms with Crippen molar-refractivity contribution in [1.82, 2.24) is 0 Å². The molecular formula is C35H34F5NO5. The monoisotopic (exact) mass is 643 g/mol. The van der Waals surface area contributed by atoms with Gasteiger partial charge in [-0.25, -0.2) is 4.79 Å². The normalized spacial score (nSPS) is 29.4. The summed E-state index contributed by atoms with van der Waals surface area (Å²) in [7, 11) is 0. The van der Waals surface area contributed by atoms with Gasteiger partial charge in [0.05, 0.1) is 5.56 Å². The number of hydrogen-bond donors (Lipinski definition) is 3. The average Bonchev–Trinajstić information content (AvgIpc) is 3.27. The number of aryl methyl sites for hydroxylation is 1. The molecule has 2 aromatic rings. The first-order valence-electron chi connectivity index (χ1n) is 15.4. The molecule has 0 spiro atoms. The van der Waals surface area contributed by atoms with Gasteiger partial charge in [-0.15, -0.1) is 0 Å². The summed E-state index contributed by atoms with van der Waals surface area (Å²) in [5.41, 5.74) is -0.466. The number of rotatable bonds is 5. The van der Waals surface area contributed by atoms with Gasteiger partial charge in [0.15, 0.2) is 5.78 Å². The minimum Gasteiger partial charge on any atom is -0.478 e. The summed E-state index contributed by atoms with van der Waals surface area (Å²) < 4.78 is 71.8. The second-order valence-electron chi connectivity index (χ2n) is 13.4. The van der Waals surface area contributed by atoms with Gasteiger partial charge >= 0.3 is 18.1 Å². The zero-order valence-electron chi connectivity index (χ0n) is 25.3. The van der Waals surface area contributed by atoms with Crippen LogP contribution >= 0.6 is 0 Å². The van der Waals surface area contributed by atoms with Gasteiger partial charge in [-0.3, -0.25) is 9.59 Å². The van der Waals surface area contributed by atoms with Gasteiger partial charge in [0.1, 0.15) is 5.60 Å². The molecule has 0 heterocycles. The van der Waals surface area contributed by atoms with Gasteiger partial charge in [-0.05, 0) is 116 Å². The molecule has 11 heteroatoms. The quantitative estimate of drug-likeness (QED) is 0.289. The summed E-state index contributed by atoms with van der Waals surface area (Å²) in [5.74, 6) is -8.46. The van der Waals surface area contributed by atoms with Gasteiger partial charge in [-0.1, -0.05) is 24.6 Å². The molecule has 0 aromatic heterocycles. The summed E-state index contributed by atoms with van der Waals surface area (Å²) in [6.07, 6.45) is -3.40. The number of carbonyl (C=O) groups excluding carboxylic acids is 2. The molecule has 3 N–H and O–H groups in total. The smallest absolute Gasteiger partial charge is 0.456 e. The maximum atomic E-state index is 15.2. The van der Waals surface area contributed by atoms with Gasteiger partial charge in [0.2, 0.25) is 0 Å². The fourth-order valence-electron chi connectivity index (χ4n) is 8.77. The highest BCUT2D eigenvalue weighted by molar-refractivity contribution is 6.04. The Kier molecular flexibility index (Phi) is 7.57. The van der Waals surface area contributed by atoms with E-state index in [1.54, 1.807) is 37.3 Å². The molecule has 6 nitrogen and oxygen atoms in total. The number of anilines is 1. The molecule has 5 atom stereocenters. The Morgan fingerprint density at radius 2 is 1.67 bits per heavy atom. The summed E-state index contributed by atoms with van der Waals surface area (Å²) in [4.78, 5) is 36.7. The van der Waals surface area contributed by atoms with Crippen LogP contribution in [0, 0.1) is 24.2 Å². The summed E-state index contributed by atoms with van der Waals surface area (Å²) in [5, 5.41) is 23.4. The number of halogens is 5. The summed E-state index contributed by atoms with van der Waals surface area (Å²) in [6, 6.07) is 10.8. The molecule has 2 saturated carbocycles. The minimum absolute atomic E-state index is 0.00165. The van der Waals surface area contributed by atoms with Crippen molar-refractivity contribution >= 4 is 23.3 Å². The lowest BCUT2D eigenvalue weighted by molar-refractivity contribution is -0.362. The molecule has 0 aliphatic heterocycles. The number of carbonyl (C=O) groups is 3. The Balaban J connectivity index is 1.38. The molecule has 4 aliphatic carbocycles. The molecule has 0 unspecified atom stereocenters.